The van der Waals surface area contributed by atoms with Crippen molar-refractivity contribution in [2.24, 2.45) is 0 Å². The second-order valence-corrected chi connectivity index (χ2v) is 6.82. The number of ether oxygens (including phenoxy) is 1. The first kappa shape index (κ1) is 17.9. The maximum atomic E-state index is 13.0. The molecule has 136 valence electrons. The van der Waals surface area contributed by atoms with Crippen molar-refractivity contribution in [3.05, 3.63) is 24.5 Å². The third kappa shape index (κ3) is 5.01. The summed E-state index contributed by atoms with van der Waals surface area (Å²) in [5, 5.41) is 0. The number of amides is 2. The lowest BCUT2D eigenvalue weighted by Gasteiger charge is -2.30. The van der Waals surface area contributed by atoms with Crippen LogP contribution in [-0.4, -0.2) is 54.0 Å². The molecule has 25 heavy (non-hydrogen) atoms. The molecule has 1 aromatic heterocycles. The average molecular weight is 345 g/mol. The summed E-state index contributed by atoms with van der Waals surface area (Å²) < 4.78 is 5.71. The Balaban J connectivity index is 1.70. The van der Waals surface area contributed by atoms with E-state index in [1.165, 1.54) is 0 Å². The van der Waals surface area contributed by atoms with Gasteiger partial charge >= 0.3 is 0 Å². The van der Waals surface area contributed by atoms with E-state index in [9.17, 15) is 9.59 Å². The molecule has 3 rings (SSSR count). The predicted octanol–water partition coefficient (Wildman–Crippen LogP) is 2.39. The second kappa shape index (κ2) is 8.94. The number of nitrogens with zero attached hydrogens (tertiary/aromatic N) is 3. The van der Waals surface area contributed by atoms with Gasteiger partial charge in [0.25, 0.3) is 0 Å². The quantitative estimate of drug-likeness (QED) is 0.822. The molecule has 2 saturated heterocycles. The van der Waals surface area contributed by atoms with Gasteiger partial charge in [0.1, 0.15) is 6.54 Å². The molecule has 6 heteroatoms. The smallest absolute Gasteiger partial charge is 0.246 e. The third-order valence-electron chi connectivity index (χ3n) is 4.93. The lowest BCUT2D eigenvalue weighted by atomic mass is 10.1. The summed E-state index contributed by atoms with van der Waals surface area (Å²) in [6.45, 7) is 2.11. The Kier molecular flexibility index (Phi) is 6.39. The van der Waals surface area contributed by atoms with E-state index >= 15 is 0 Å². The fourth-order valence-corrected chi connectivity index (χ4v) is 3.50. The van der Waals surface area contributed by atoms with Crippen LogP contribution in [0.4, 0.5) is 5.69 Å². The van der Waals surface area contributed by atoms with Gasteiger partial charge in [-0.25, -0.2) is 0 Å². The molecule has 0 bridgehead atoms. The highest BCUT2D eigenvalue weighted by molar-refractivity contribution is 5.96. The van der Waals surface area contributed by atoms with E-state index in [1.54, 1.807) is 22.2 Å². The van der Waals surface area contributed by atoms with E-state index in [4.69, 9.17) is 4.74 Å². The summed E-state index contributed by atoms with van der Waals surface area (Å²) >= 11 is 0. The van der Waals surface area contributed by atoms with E-state index in [2.05, 4.69) is 4.98 Å². The summed E-state index contributed by atoms with van der Waals surface area (Å²) in [7, 11) is 0. The van der Waals surface area contributed by atoms with Crippen LogP contribution in [0.1, 0.15) is 44.9 Å². The van der Waals surface area contributed by atoms with Crippen LogP contribution in [0.2, 0.25) is 0 Å². The first-order valence-electron chi connectivity index (χ1n) is 9.34. The second-order valence-electron chi connectivity index (χ2n) is 6.82. The highest BCUT2D eigenvalue weighted by Crippen LogP contribution is 2.20. The molecular weight excluding hydrogens is 318 g/mol. The Morgan fingerprint density at radius 1 is 1.20 bits per heavy atom. The van der Waals surface area contributed by atoms with Crippen LogP contribution in [0.15, 0.2) is 24.5 Å². The molecule has 3 heterocycles. The maximum absolute atomic E-state index is 13.0. The van der Waals surface area contributed by atoms with Gasteiger partial charge in [-0.3, -0.25) is 14.6 Å². The molecule has 2 fully saturated rings. The molecule has 0 radical (unpaired) electrons. The lowest BCUT2D eigenvalue weighted by Crippen LogP contribution is -2.46. The minimum absolute atomic E-state index is 0.0457. The molecule has 6 nitrogen and oxygen atoms in total. The number of pyridine rings is 1. The van der Waals surface area contributed by atoms with Gasteiger partial charge in [-0.1, -0.05) is 12.8 Å². The van der Waals surface area contributed by atoms with Gasteiger partial charge in [-0.2, -0.15) is 0 Å². The van der Waals surface area contributed by atoms with Crippen LogP contribution in [0.25, 0.3) is 0 Å². The number of aromatic nitrogens is 1. The summed E-state index contributed by atoms with van der Waals surface area (Å²) in [6.07, 6.45) is 10.1. The minimum Gasteiger partial charge on any atom is -0.376 e. The maximum Gasteiger partial charge on any atom is 0.246 e. The fourth-order valence-electron chi connectivity index (χ4n) is 3.50. The van der Waals surface area contributed by atoms with Gasteiger partial charge in [0.05, 0.1) is 12.6 Å². The van der Waals surface area contributed by atoms with Crippen molar-refractivity contribution < 1.29 is 14.3 Å². The van der Waals surface area contributed by atoms with Gasteiger partial charge in [-0.05, 0) is 37.8 Å². The van der Waals surface area contributed by atoms with E-state index in [-0.39, 0.29) is 24.5 Å². The lowest BCUT2D eigenvalue weighted by molar-refractivity contribution is -0.135. The predicted molar refractivity (Wildman–Crippen MR) is 95.2 cm³/mol. The van der Waals surface area contributed by atoms with Crippen molar-refractivity contribution in [3.8, 4) is 0 Å². The van der Waals surface area contributed by atoms with E-state index in [0.717, 1.165) is 50.8 Å². The molecule has 1 unspecified atom stereocenters. The van der Waals surface area contributed by atoms with Gasteiger partial charge in [0, 0.05) is 37.7 Å². The van der Waals surface area contributed by atoms with Crippen molar-refractivity contribution in [2.45, 2.75) is 51.0 Å². The molecule has 1 atom stereocenters. The summed E-state index contributed by atoms with van der Waals surface area (Å²) in [4.78, 5) is 32.8. The Labute approximate surface area is 149 Å². The van der Waals surface area contributed by atoms with Crippen LogP contribution in [0.5, 0.6) is 0 Å². The molecule has 0 spiro atoms. The number of carbonyl (C=O) groups excluding carboxylic acids is 2. The fraction of sp³-hybridized carbons (Fsp3) is 0.632. The monoisotopic (exact) mass is 345 g/mol. The van der Waals surface area contributed by atoms with Crippen molar-refractivity contribution >= 4 is 17.5 Å². The molecule has 2 aliphatic rings. The number of hydrogen-bond donors (Lipinski definition) is 0. The van der Waals surface area contributed by atoms with Gasteiger partial charge < -0.3 is 14.5 Å². The van der Waals surface area contributed by atoms with Crippen LogP contribution < -0.4 is 4.90 Å². The van der Waals surface area contributed by atoms with Gasteiger partial charge in [0.15, 0.2) is 0 Å². The number of rotatable bonds is 5. The summed E-state index contributed by atoms with van der Waals surface area (Å²) in [5.74, 6) is 0.0514. The summed E-state index contributed by atoms with van der Waals surface area (Å²) in [6, 6.07) is 3.67. The normalized spacial score (nSPS) is 21.7. The van der Waals surface area contributed by atoms with Crippen molar-refractivity contribution in [3.63, 3.8) is 0 Å². The van der Waals surface area contributed by atoms with E-state index in [0.29, 0.717) is 19.5 Å². The van der Waals surface area contributed by atoms with Gasteiger partial charge in [0.2, 0.25) is 11.8 Å². The zero-order valence-corrected chi connectivity index (χ0v) is 14.7. The number of likely N-dealkylation sites (tertiary alicyclic amines) is 1. The topological polar surface area (TPSA) is 62.7 Å². The zero-order valence-electron chi connectivity index (χ0n) is 14.7. The first-order chi connectivity index (χ1) is 12.2. The van der Waals surface area contributed by atoms with Crippen molar-refractivity contribution in [1.29, 1.82) is 0 Å². The highest BCUT2D eigenvalue weighted by atomic mass is 16.5. The van der Waals surface area contributed by atoms with Crippen LogP contribution in [-0.2, 0) is 14.3 Å². The van der Waals surface area contributed by atoms with Crippen molar-refractivity contribution in [2.75, 3.05) is 31.1 Å². The number of hydrogen-bond acceptors (Lipinski definition) is 4. The molecule has 2 amide bonds. The Hall–Kier alpha value is -1.95. The standard InChI is InChI=1S/C19H27N3O3/c23-18-7-3-1-2-4-12-21(18)15-19(24)22(14-17-6-5-13-25-17)16-8-10-20-11-9-16/h8-11,17H,1-7,12-15H2. The van der Waals surface area contributed by atoms with Crippen molar-refractivity contribution in [1.82, 2.24) is 9.88 Å². The van der Waals surface area contributed by atoms with Crippen LogP contribution >= 0.6 is 0 Å². The number of anilines is 1. The zero-order chi connectivity index (χ0) is 17.5. The van der Waals surface area contributed by atoms with Crippen LogP contribution in [0.3, 0.4) is 0 Å². The Bertz CT molecular complexity index is 573. The Morgan fingerprint density at radius 3 is 2.76 bits per heavy atom. The summed E-state index contributed by atoms with van der Waals surface area (Å²) in [5.41, 5.74) is 0.815. The largest absolute Gasteiger partial charge is 0.376 e. The average Bonchev–Trinajstić information content (AvgIpc) is 3.13. The molecule has 0 N–H and O–H groups in total. The molecule has 1 aromatic rings. The van der Waals surface area contributed by atoms with E-state index < -0.39 is 0 Å². The first-order valence-corrected chi connectivity index (χ1v) is 9.34. The molecule has 2 aliphatic heterocycles. The SMILES string of the molecule is O=C1CCCCCCN1CC(=O)N(CC1CCCO1)c1ccncc1. The molecular formula is C19H27N3O3. The Morgan fingerprint density at radius 2 is 2.00 bits per heavy atom. The highest BCUT2D eigenvalue weighted by Gasteiger charge is 2.26. The van der Waals surface area contributed by atoms with Gasteiger partial charge in [-0.15, -0.1) is 0 Å². The third-order valence-corrected chi connectivity index (χ3v) is 4.93. The molecule has 0 saturated carbocycles. The molecule has 0 aliphatic carbocycles. The molecule has 0 aromatic carbocycles. The van der Waals surface area contributed by atoms with Crippen LogP contribution in [0, 0.1) is 0 Å². The van der Waals surface area contributed by atoms with E-state index in [1.807, 2.05) is 12.1 Å². The number of carbonyl (C=O) groups is 2. The minimum atomic E-state index is -0.0457.